The number of benzene rings is 1. The van der Waals surface area contributed by atoms with E-state index in [0.717, 1.165) is 28.0 Å². The van der Waals surface area contributed by atoms with Crippen molar-refractivity contribution in [2.24, 2.45) is 12.8 Å². The van der Waals surface area contributed by atoms with Crippen molar-refractivity contribution in [1.82, 2.24) is 14.5 Å². The molecule has 92 valence electrons. The van der Waals surface area contributed by atoms with Gasteiger partial charge in [-0.3, -0.25) is 0 Å². The number of nitrogens with two attached hydrogens (primary N) is 1. The molecule has 0 fully saturated rings. The molecule has 0 saturated heterocycles. The number of para-hydroxylation sites is 1. The van der Waals surface area contributed by atoms with Crippen LogP contribution in [0, 0.1) is 0 Å². The summed E-state index contributed by atoms with van der Waals surface area (Å²) in [5.41, 5.74) is 8.64. The van der Waals surface area contributed by atoms with Gasteiger partial charge in [0.25, 0.3) is 0 Å². The average molecular weight is 261 g/mol. The Hall–Kier alpha value is -1.78. The lowest BCUT2D eigenvalue weighted by Gasteiger charge is -2.03. The van der Waals surface area contributed by atoms with Gasteiger partial charge in [-0.25, -0.2) is 4.98 Å². The summed E-state index contributed by atoms with van der Waals surface area (Å²) in [6, 6.07) is 8.10. The molecule has 3 N–H and O–H groups in total. The fourth-order valence-corrected chi connectivity index (χ4v) is 2.50. The van der Waals surface area contributed by atoms with Crippen LogP contribution >= 0.6 is 11.6 Å². The van der Waals surface area contributed by atoms with E-state index < -0.39 is 0 Å². The predicted octanol–water partition coefficient (Wildman–Crippen LogP) is 2.68. The number of halogens is 1. The van der Waals surface area contributed by atoms with E-state index >= 15 is 0 Å². The first-order valence-corrected chi connectivity index (χ1v) is 6.08. The molecule has 0 atom stereocenters. The number of rotatable bonds is 2. The molecule has 3 rings (SSSR count). The molecule has 0 aliphatic heterocycles. The van der Waals surface area contributed by atoms with Gasteiger partial charge in [-0.1, -0.05) is 29.8 Å². The molecule has 0 radical (unpaired) electrons. The summed E-state index contributed by atoms with van der Waals surface area (Å²) in [4.78, 5) is 7.63. The zero-order chi connectivity index (χ0) is 12.7. The second-order valence-corrected chi connectivity index (χ2v) is 4.54. The first-order chi connectivity index (χ1) is 8.72. The van der Waals surface area contributed by atoms with Gasteiger partial charge in [0.1, 0.15) is 5.82 Å². The first-order valence-electron chi connectivity index (χ1n) is 5.70. The number of fused-ring (bicyclic) bond motifs is 1. The molecular weight excluding hydrogens is 248 g/mol. The van der Waals surface area contributed by atoms with E-state index in [1.807, 2.05) is 36.0 Å². The molecule has 1 aromatic carbocycles. The number of imidazole rings is 1. The van der Waals surface area contributed by atoms with E-state index in [9.17, 15) is 0 Å². The largest absolute Gasteiger partial charge is 0.360 e. The Kier molecular flexibility index (Phi) is 2.61. The van der Waals surface area contributed by atoms with Crippen LogP contribution in [0.5, 0.6) is 0 Å². The summed E-state index contributed by atoms with van der Waals surface area (Å²) >= 11 is 6.10. The highest BCUT2D eigenvalue weighted by atomic mass is 35.5. The molecule has 0 spiro atoms. The third-order valence-electron chi connectivity index (χ3n) is 3.19. The van der Waals surface area contributed by atoms with Crippen molar-refractivity contribution >= 4 is 22.5 Å². The standard InChI is InChI=1S/C13H13ClN4/c1-18-11(6-15)12(14)17-13(18)9-7-16-10-5-3-2-4-8(9)10/h2-5,7,16H,6,15H2,1H3. The van der Waals surface area contributed by atoms with Gasteiger partial charge < -0.3 is 15.3 Å². The molecule has 2 heterocycles. The smallest absolute Gasteiger partial charge is 0.152 e. The Bertz CT molecular complexity index is 711. The number of nitrogens with one attached hydrogen (secondary N) is 1. The number of nitrogens with zero attached hydrogens (tertiary/aromatic N) is 2. The van der Waals surface area contributed by atoms with Gasteiger partial charge in [0, 0.05) is 36.3 Å². The minimum absolute atomic E-state index is 0.380. The van der Waals surface area contributed by atoms with E-state index in [1.165, 1.54) is 0 Å². The van der Waals surface area contributed by atoms with Gasteiger partial charge in [-0.2, -0.15) is 0 Å². The molecule has 0 bridgehead atoms. The molecule has 0 aliphatic rings. The molecule has 18 heavy (non-hydrogen) atoms. The lowest BCUT2D eigenvalue weighted by molar-refractivity contribution is 0.829. The third-order valence-corrected chi connectivity index (χ3v) is 3.49. The van der Waals surface area contributed by atoms with Gasteiger partial charge in [0.05, 0.1) is 5.69 Å². The van der Waals surface area contributed by atoms with Crippen molar-refractivity contribution in [3.8, 4) is 11.4 Å². The zero-order valence-corrected chi connectivity index (χ0v) is 10.7. The maximum absolute atomic E-state index is 6.10. The lowest BCUT2D eigenvalue weighted by Crippen LogP contribution is -2.04. The Morgan fingerprint density at radius 3 is 2.89 bits per heavy atom. The monoisotopic (exact) mass is 260 g/mol. The number of hydrogen-bond donors (Lipinski definition) is 2. The Labute approximate surface area is 109 Å². The molecule has 5 heteroatoms. The van der Waals surface area contributed by atoms with Gasteiger partial charge in [-0.05, 0) is 6.07 Å². The summed E-state index contributed by atoms with van der Waals surface area (Å²) < 4.78 is 1.94. The van der Waals surface area contributed by atoms with Crippen LogP contribution in [0.1, 0.15) is 5.69 Å². The maximum Gasteiger partial charge on any atom is 0.152 e. The Balaban J connectivity index is 2.27. The minimum atomic E-state index is 0.380. The molecule has 0 saturated carbocycles. The van der Waals surface area contributed by atoms with E-state index in [4.69, 9.17) is 17.3 Å². The van der Waals surface area contributed by atoms with Crippen molar-refractivity contribution in [2.45, 2.75) is 6.54 Å². The van der Waals surface area contributed by atoms with Crippen LogP contribution in [0.4, 0.5) is 0 Å². The maximum atomic E-state index is 6.10. The SMILES string of the molecule is Cn1c(-c2c[nH]c3ccccc23)nc(Cl)c1CN. The highest BCUT2D eigenvalue weighted by molar-refractivity contribution is 6.30. The first kappa shape index (κ1) is 11.3. The molecule has 0 unspecified atom stereocenters. The van der Waals surface area contributed by atoms with Gasteiger partial charge >= 0.3 is 0 Å². The van der Waals surface area contributed by atoms with Crippen LogP contribution in [-0.2, 0) is 13.6 Å². The summed E-state index contributed by atoms with van der Waals surface area (Å²) in [6.07, 6.45) is 1.95. The van der Waals surface area contributed by atoms with E-state index in [0.29, 0.717) is 11.7 Å². The molecule has 4 nitrogen and oxygen atoms in total. The lowest BCUT2D eigenvalue weighted by atomic mass is 10.1. The zero-order valence-electron chi connectivity index (χ0n) is 9.94. The van der Waals surface area contributed by atoms with E-state index in [2.05, 4.69) is 16.0 Å². The average Bonchev–Trinajstić information content (AvgIpc) is 2.91. The highest BCUT2D eigenvalue weighted by Crippen LogP contribution is 2.30. The number of aromatic nitrogens is 3. The molecular formula is C13H13ClN4. The third kappa shape index (κ3) is 1.54. The molecule has 2 aromatic heterocycles. The molecule has 3 aromatic rings. The Morgan fingerprint density at radius 1 is 1.39 bits per heavy atom. The fraction of sp³-hybridized carbons (Fsp3) is 0.154. The number of aromatic amines is 1. The number of H-pyrrole nitrogens is 1. The van der Waals surface area contributed by atoms with Crippen molar-refractivity contribution in [1.29, 1.82) is 0 Å². The van der Waals surface area contributed by atoms with Crippen LogP contribution in [0.2, 0.25) is 5.15 Å². The summed E-state index contributed by atoms with van der Waals surface area (Å²) in [5, 5.41) is 1.60. The quantitative estimate of drug-likeness (QED) is 0.744. The van der Waals surface area contributed by atoms with Crippen LogP contribution < -0.4 is 5.73 Å². The van der Waals surface area contributed by atoms with Gasteiger partial charge in [0.15, 0.2) is 5.15 Å². The van der Waals surface area contributed by atoms with Crippen molar-refractivity contribution in [2.75, 3.05) is 0 Å². The van der Waals surface area contributed by atoms with Crippen LogP contribution in [-0.4, -0.2) is 14.5 Å². The number of hydrogen-bond acceptors (Lipinski definition) is 2. The van der Waals surface area contributed by atoms with E-state index in [1.54, 1.807) is 0 Å². The fourth-order valence-electron chi connectivity index (χ4n) is 2.22. The van der Waals surface area contributed by atoms with Crippen LogP contribution in [0.25, 0.3) is 22.3 Å². The summed E-state index contributed by atoms with van der Waals surface area (Å²) in [7, 11) is 1.93. The second kappa shape index (κ2) is 4.15. The van der Waals surface area contributed by atoms with Crippen LogP contribution in [0.15, 0.2) is 30.5 Å². The molecule has 0 amide bonds. The van der Waals surface area contributed by atoms with Crippen molar-refractivity contribution in [3.63, 3.8) is 0 Å². The summed E-state index contributed by atoms with van der Waals surface area (Å²) in [6.45, 7) is 0.380. The van der Waals surface area contributed by atoms with Gasteiger partial charge in [0.2, 0.25) is 0 Å². The highest BCUT2D eigenvalue weighted by Gasteiger charge is 2.15. The normalized spacial score (nSPS) is 11.3. The predicted molar refractivity (Wildman–Crippen MR) is 73.4 cm³/mol. The van der Waals surface area contributed by atoms with Crippen molar-refractivity contribution < 1.29 is 0 Å². The minimum Gasteiger partial charge on any atom is -0.360 e. The van der Waals surface area contributed by atoms with E-state index in [-0.39, 0.29) is 0 Å². The summed E-state index contributed by atoms with van der Waals surface area (Å²) in [5.74, 6) is 0.831. The van der Waals surface area contributed by atoms with Crippen LogP contribution in [0.3, 0.4) is 0 Å². The second-order valence-electron chi connectivity index (χ2n) is 4.18. The Morgan fingerprint density at radius 2 is 2.17 bits per heavy atom. The van der Waals surface area contributed by atoms with Gasteiger partial charge in [-0.15, -0.1) is 0 Å². The van der Waals surface area contributed by atoms with Crippen molar-refractivity contribution in [3.05, 3.63) is 41.3 Å². The molecule has 0 aliphatic carbocycles. The topological polar surface area (TPSA) is 59.6 Å².